The summed E-state index contributed by atoms with van der Waals surface area (Å²) in [7, 11) is 0. The van der Waals surface area contributed by atoms with Gasteiger partial charge in [0.1, 0.15) is 0 Å². The number of nitrogens with two attached hydrogens (primary N) is 2. The van der Waals surface area contributed by atoms with Gasteiger partial charge in [-0.1, -0.05) is 0 Å². The first-order valence-corrected chi connectivity index (χ1v) is 2.45. The van der Waals surface area contributed by atoms with Crippen LogP contribution in [0.25, 0.3) is 0 Å². The van der Waals surface area contributed by atoms with Crippen molar-refractivity contribution in [1.29, 1.82) is 0 Å². The van der Waals surface area contributed by atoms with Crippen LogP contribution < -0.4 is 11.5 Å². The van der Waals surface area contributed by atoms with E-state index in [0.29, 0.717) is 0 Å². The van der Waals surface area contributed by atoms with E-state index in [9.17, 15) is 4.91 Å². The second-order valence-corrected chi connectivity index (χ2v) is 1.59. The minimum atomic E-state index is 0.00231. The van der Waals surface area contributed by atoms with Crippen LogP contribution in [0.3, 0.4) is 0 Å². The maximum Gasteiger partial charge on any atom is 0.222 e. The van der Waals surface area contributed by atoms with Crippen molar-refractivity contribution in [1.82, 2.24) is 9.97 Å². The minimum absolute atomic E-state index is 0.00231. The van der Waals surface area contributed by atoms with Crippen molar-refractivity contribution in [2.45, 2.75) is 0 Å². The Hall–Kier alpha value is -1.72. The average Bonchev–Trinajstić information content (AvgIpc) is 1.88. The van der Waals surface area contributed by atoms with Crippen LogP contribution in [0, 0.1) is 4.91 Å². The summed E-state index contributed by atoms with van der Waals surface area (Å²) in [5.41, 5.74) is 10.4. The van der Waals surface area contributed by atoms with Gasteiger partial charge in [-0.3, -0.25) is 0 Å². The number of aromatic nitrogens is 2. The number of rotatable bonds is 1. The molecule has 6 nitrogen and oxygen atoms in total. The van der Waals surface area contributed by atoms with Crippen LogP contribution in [0.4, 0.5) is 17.5 Å². The lowest BCUT2D eigenvalue weighted by Crippen LogP contribution is -1.98. The number of anilines is 2. The molecule has 0 bridgehead atoms. The molecule has 10 heavy (non-hydrogen) atoms. The van der Waals surface area contributed by atoms with Gasteiger partial charge < -0.3 is 11.5 Å². The molecular weight excluding hydrogens is 134 g/mol. The van der Waals surface area contributed by atoms with Crippen molar-refractivity contribution < 1.29 is 0 Å². The van der Waals surface area contributed by atoms with Crippen molar-refractivity contribution >= 4 is 17.5 Å². The maximum atomic E-state index is 9.89. The predicted octanol–water partition coefficient (Wildman–Crippen LogP) is 0.0389. The van der Waals surface area contributed by atoms with Gasteiger partial charge in [-0.2, -0.15) is 4.98 Å². The highest BCUT2D eigenvalue weighted by Crippen LogP contribution is 2.16. The quantitative estimate of drug-likeness (QED) is 0.534. The second-order valence-electron chi connectivity index (χ2n) is 1.59. The molecule has 0 aliphatic heterocycles. The normalized spacial score (nSPS) is 9.20. The number of hydrogen-bond acceptors (Lipinski definition) is 6. The summed E-state index contributed by atoms with van der Waals surface area (Å²) in [5, 5.41) is 2.56. The number of hydrogen-bond donors (Lipinski definition) is 2. The van der Waals surface area contributed by atoms with E-state index < -0.39 is 0 Å². The molecule has 1 rings (SSSR count). The molecule has 0 fully saturated rings. The molecule has 0 unspecified atom stereocenters. The fourth-order valence-electron chi connectivity index (χ4n) is 0.473. The Labute approximate surface area is 56.2 Å². The van der Waals surface area contributed by atoms with Gasteiger partial charge in [0.25, 0.3) is 0 Å². The first-order chi connectivity index (χ1) is 4.74. The third-order valence-corrected chi connectivity index (χ3v) is 0.915. The van der Waals surface area contributed by atoms with Crippen molar-refractivity contribution in [3.63, 3.8) is 0 Å². The molecule has 0 saturated carbocycles. The van der Waals surface area contributed by atoms with E-state index in [4.69, 9.17) is 11.5 Å². The number of nitroso groups, excluding NO2 is 1. The van der Waals surface area contributed by atoms with Gasteiger partial charge in [0, 0.05) is 0 Å². The predicted molar refractivity (Wildman–Crippen MR) is 36.3 cm³/mol. The summed E-state index contributed by atoms with van der Waals surface area (Å²) in [6.07, 6.45) is 1.17. The molecule has 0 aliphatic rings. The van der Waals surface area contributed by atoms with Crippen molar-refractivity contribution in [2.75, 3.05) is 11.5 Å². The van der Waals surface area contributed by atoms with E-state index in [0.717, 1.165) is 0 Å². The van der Waals surface area contributed by atoms with E-state index in [2.05, 4.69) is 15.1 Å². The fraction of sp³-hybridized carbons (Fsp3) is 0. The standard InChI is InChI=1S/C4H5N5O/c5-3-2(9-10)1-7-4(6)8-3/h1H,(H4,5,6,7,8). The van der Waals surface area contributed by atoms with Crippen LogP contribution >= 0.6 is 0 Å². The summed E-state index contributed by atoms with van der Waals surface area (Å²) in [5.74, 6) is 0.0346. The van der Waals surface area contributed by atoms with Crippen molar-refractivity contribution in [3.05, 3.63) is 11.1 Å². The SMILES string of the molecule is Nc1ncc(N=O)c(N)n1. The molecule has 0 saturated heterocycles. The lowest BCUT2D eigenvalue weighted by molar-refractivity contribution is 1.18. The fourth-order valence-corrected chi connectivity index (χ4v) is 0.473. The molecule has 0 radical (unpaired) electrons. The van der Waals surface area contributed by atoms with Gasteiger partial charge in [0.05, 0.1) is 6.20 Å². The zero-order valence-corrected chi connectivity index (χ0v) is 4.98. The largest absolute Gasteiger partial charge is 0.382 e. The van der Waals surface area contributed by atoms with Crippen LogP contribution in [0.1, 0.15) is 0 Å². The van der Waals surface area contributed by atoms with Gasteiger partial charge in [0.15, 0.2) is 11.5 Å². The number of nitrogens with zero attached hydrogens (tertiary/aromatic N) is 3. The highest BCUT2D eigenvalue weighted by Gasteiger charge is 1.99. The van der Waals surface area contributed by atoms with E-state index in [1.54, 1.807) is 0 Å². The zero-order chi connectivity index (χ0) is 7.56. The Balaban J connectivity index is 3.19. The zero-order valence-electron chi connectivity index (χ0n) is 4.98. The van der Waals surface area contributed by atoms with Crippen LogP contribution in [0.5, 0.6) is 0 Å². The van der Waals surface area contributed by atoms with E-state index in [1.165, 1.54) is 6.20 Å². The first kappa shape index (κ1) is 6.40. The van der Waals surface area contributed by atoms with E-state index in [-0.39, 0.29) is 17.5 Å². The Morgan fingerprint density at radius 1 is 1.50 bits per heavy atom. The number of nitrogen functional groups attached to an aromatic ring is 2. The van der Waals surface area contributed by atoms with E-state index >= 15 is 0 Å². The lowest BCUT2D eigenvalue weighted by Gasteiger charge is -1.94. The van der Waals surface area contributed by atoms with Crippen LogP contribution in [-0.4, -0.2) is 9.97 Å². The Morgan fingerprint density at radius 2 is 2.20 bits per heavy atom. The molecule has 0 aliphatic carbocycles. The maximum absolute atomic E-state index is 9.89. The molecule has 52 valence electrons. The Morgan fingerprint density at radius 3 is 2.70 bits per heavy atom. The third kappa shape index (κ3) is 0.993. The van der Waals surface area contributed by atoms with Gasteiger partial charge in [0.2, 0.25) is 5.95 Å². The highest BCUT2D eigenvalue weighted by atomic mass is 16.3. The van der Waals surface area contributed by atoms with Crippen molar-refractivity contribution in [2.24, 2.45) is 5.18 Å². The Kier molecular flexibility index (Phi) is 1.44. The highest BCUT2D eigenvalue weighted by molar-refractivity contribution is 5.56. The van der Waals surface area contributed by atoms with Gasteiger partial charge in [-0.15, -0.1) is 4.91 Å². The molecule has 1 aromatic rings. The average molecular weight is 139 g/mol. The molecule has 0 amide bonds. The summed E-state index contributed by atoms with van der Waals surface area (Å²) in [6.45, 7) is 0. The molecule has 0 spiro atoms. The second kappa shape index (κ2) is 2.26. The summed E-state index contributed by atoms with van der Waals surface area (Å²) >= 11 is 0. The smallest absolute Gasteiger partial charge is 0.222 e. The third-order valence-electron chi connectivity index (χ3n) is 0.915. The monoisotopic (exact) mass is 139 g/mol. The summed E-state index contributed by atoms with van der Waals surface area (Å²) in [4.78, 5) is 16.9. The topological polar surface area (TPSA) is 107 Å². The molecular formula is C4H5N5O. The van der Waals surface area contributed by atoms with E-state index in [1.807, 2.05) is 0 Å². The Bertz CT molecular complexity index is 260. The van der Waals surface area contributed by atoms with Crippen LogP contribution in [-0.2, 0) is 0 Å². The lowest BCUT2D eigenvalue weighted by atomic mass is 10.5. The minimum Gasteiger partial charge on any atom is -0.382 e. The van der Waals surface area contributed by atoms with Crippen LogP contribution in [0.15, 0.2) is 11.4 Å². The summed E-state index contributed by atoms with van der Waals surface area (Å²) in [6, 6.07) is 0. The van der Waals surface area contributed by atoms with Gasteiger partial charge in [-0.25, -0.2) is 4.98 Å². The van der Waals surface area contributed by atoms with Gasteiger partial charge in [-0.05, 0) is 5.18 Å². The van der Waals surface area contributed by atoms with Crippen molar-refractivity contribution in [3.8, 4) is 0 Å². The molecule has 1 aromatic heterocycles. The molecule has 4 N–H and O–H groups in total. The molecule has 1 heterocycles. The molecule has 0 aromatic carbocycles. The first-order valence-electron chi connectivity index (χ1n) is 2.45. The summed E-state index contributed by atoms with van der Waals surface area (Å²) < 4.78 is 0. The van der Waals surface area contributed by atoms with Gasteiger partial charge >= 0.3 is 0 Å². The van der Waals surface area contributed by atoms with Crippen LogP contribution in [0.2, 0.25) is 0 Å². The molecule has 6 heteroatoms. The molecule has 0 atom stereocenters.